The maximum Gasteiger partial charge on any atom is 0.0584 e. The van der Waals surface area contributed by atoms with Crippen LogP contribution in [0, 0.1) is 5.92 Å². The molecule has 0 saturated heterocycles. The van der Waals surface area contributed by atoms with E-state index < -0.39 is 0 Å². The van der Waals surface area contributed by atoms with Gasteiger partial charge < -0.3 is 5.32 Å². The minimum Gasteiger partial charge on any atom is -0.303 e. The van der Waals surface area contributed by atoms with Crippen molar-refractivity contribution in [2.75, 3.05) is 0 Å². The van der Waals surface area contributed by atoms with Crippen LogP contribution in [0.4, 0.5) is 0 Å². The number of fused-ring (bicyclic) bond motifs is 2. The normalized spacial score (nSPS) is 16.9. The van der Waals surface area contributed by atoms with Gasteiger partial charge in [0.1, 0.15) is 0 Å². The molecule has 3 rings (SSSR count). The van der Waals surface area contributed by atoms with E-state index in [1.165, 1.54) is 28.7 Å². The Kier molecular flexibility index (Phi) is 4.12. The van der Waals surface area contributed by atoms with Crippen LogP contribution in [-0.4, -0.2) is 6.04 Å². The highest BCUT2D eigenvalue weighted by Crippen LogP contribution is 2.35. The van der Waals surface area contributed by atoms with Crippen LogP contribution in [-0.2, 0) is 6.42 Å². The molecule has 21 heavy (non-hydrogen) atoms. The van der Waals surface area contributed by atoms with Gasteiger partial charge in [0.15, 0.2) is 0 Å². The topological polar surface area (TPSA) is 12.0 Å². The summed E-state index contributed by atoms with van der Waals surface area (Å²) in [5.41, 5.74) is 5.83. The van der Waals surface area contributed by atoms with E-state index in [1.807, 2.05) is 0 Å². The Morgan fingerprint density at radius 3 is 2.00 bits per heavy atom. The van der Waals surface area contributed by atoms with Crippen molar-refractivity contribution in [3.05, 3.63) is 70.8 Å². The lowest BCUT2D eigenvalue weighted by Crippen LogP contribution is -2.37. The molecule has 0 aromatic heterocycles. The maximum absolute atomic E-state index is 3.88. The van der Waals surface area contributed by atoms with Crippen LogP contribution in [0.1, 0.15) is 55.5 Å². The third kappa shape index (κ3) is 2.75. The predicted molar refractivity (Wildman–Crippen MR) is 89.6 cm³/mol. The van der Waals surface area contributed by atoms with Gasteiger partial charge in [-0.3, -0.25) is 0 Å². The van der Waals surface area contributed by atoms with E-state index >= 15 is 0 Å². The SMILES string of the molecule is CCC(C)C(C)NC1c2ccccc2Cc2ccccc21. The summed E-state index contributed by atoms with van der Waals surface area (Å²) < 4.78 is 0. The summed E-state index contributed by atoms with van der Waals surface area (Å²) >= 11 is 0. The van der Waals surface area contributed by atoms with Crippen LogP contribution in [0.15, 0.2) is 48.5 Å². The Balaban J connectivity index is 1.98. The van der Waals surface area contributed by atoms with Crippen molar-refractivity contribution >= 4 is 0 Å². The van der Waals surface area contributed by atoms with Gasteiger partial charge >= 0.3 is 0 Å². The molecule has 1 aliphatic rings. The molecule has 1 heteroatoms. The van der Waals surface area contributed by atoms with Gasteiger partial charge in [-0.25, -0.2) is 0 Å². The van der Waals surface area contributed by atoms with Crippen LogP contribution < -0.4 is 5.32 Å². The van der Waals surface area contributed by atoms with Crippen molar-refractivity contribution in [1.29, 1.82) is 0 Å². The second-order valence-corrected chi connectivity index (χ2v) is 6.35. The molecule has 1 nitrogen and oxygen atoms in total. The van der Waals surface area contributed by atoms with E-state index in [0.29, 0.717) is 18.0 Å². The molecule has 0 radical (unpaired) electrons. The quantitative estimate of drug-likeness (QED) is 0.855. The van der Waals surface area contributed by atoms with E-state index in [-0.39, 0.29) is 0 Å². The molecule has 110 valence electrons. The fraction of sp³-hybridized carbons (Fsp3) is 0.400. The molecule has 2 atom stereocenters. The lowest BCUT2D eigenvalue weighted by Gasteiger charge is -2.33. The molecular weight excluding hydrogens is 254 g/mol. The maximum atomic E-state index is 3.88. The Morgan fingerprint density at radius 2 is 1.48 bits per heavy atom. The van der Waals surface area contributed by atoms with Crippen molar-refractivity contribution in [1.82, 2.24) is 5.32 Å². The molecule has 0 amide bonds. The van der Waals surface area contributed by atoms with Gasteiger partial charge in [0, 0.05) is 6.04 Å². The van der Waals surface area contributed by atoms with E-state index in [2.05, 4.69) is 74.6 Å². The minimum atomic E-state index is 0.329. The Labute approximate surface area is 128 Å². The number of hydrogen-bond acceptors (Lipinski definition) is 1. The molecule has 0 bridgehead atoms. The molecule has 0 saturated carbocycles. The van der Waals surface area contributed by atoms with Gasteiger partial charge in [-0.05, 0) is 41.5 Å². The van der Waals surface area contributed by atoms with Crippen molar-refractivity contribution in [2.45, 2.75) is 45.7 Å². The Bertz CT molecular complexity index is 571. The molecular formula is C20H25N. The second-order valence-electron chi connectivity index (χ2n) is 6.35. The largest absolute Gasteiger partial charge is 0.303 e. The monoisotopic (exact) mass is 279 g/mol. The molecule has 0 spiro atoms. The van der Waals surface area contributed by atoms with Gasteiger partial charge in [-0.2, -0.15) is 0 Å². The number of nitrogens with one attached hydrogen (secondary N) is 1. The highest BCUT2D eigenvalue weighted by molar-refractivity contribution is 5.48. The average Bonchev–Trinajstić information content (AvgIpc) is 2.53. The lowest BCUT2D eigenvalue weighted by atomic mass is 9.81. The van der Waals surface area contributed by atoms with Gasteiger partial charge in [-0.1, -0.05) is 68.8 Å². The van der Waals surface area contributed by atoms with Crippen LogP contribution in [0.2, 0.25) is 0 Å². The standard InChI is InChI=1S/C20H25N/c1-4-14(2)15(3)21-20-18-11-7-5-9-16(18)13-17-10-6-8-12-19(17)20/h5-12,14-15,20-21H,4,13H2,1-3H3. The molecule has 0 fully saturated rings. The number of rotatable bonds is 4. The number of benzene rings is 2. The molecule has 2 unspecified atom stereocenters. The summed E-state index contributed by atoms with van der Waals surface area (Å²) in [5, 5.41) is 3.88. The average molecular weight is 279 g/mol. The van der Waals surface area contributed by atoms with Crippen molar-refractivity contribution in [3.8, 4) is 0 Å². The minimum absolute atomic E-state index is 0.329. The molecule has 2 aromatic carbocycles. The smallest absolute Gasteiger partial charge is 0.0584 e. The summed E-state index contributed by atoms with van der Waals surface area (Å²) in [6.07, 6.45) is 2.27. The zero-order valence-corrected chi connectivity index (χ0v) is 13.3. The van der Waals surface area contributed by atoms with E-state index in [9.17, 15) is 0 Å². The molecule has 0 aliphatic heterocycles. The van der Waals surface area contributed by atoms with Crippen LogP contribution >= 0.6 is 0 Å². The molecule has 2 aromatic rings. The fourth-order valence-electron chi connectivity index (χ4n) is 3.29. The summed E-state index contributed by atoms with van der Waals surface area (Å²) in [5.74, 6) is 0.686. The van der Waals surface area contributed by atoms with Gasteiger partial charge in [-0.15, -0.1) is 0 Å². The highest BCUT2D eigenvalue weighted by atomic mass is 15.0. The van der Waals surface area contributed by atoms with Crippen molar-refractivity contribution in [3.63, 3.8) is 0 Å². The van der Waals surface area contributed by atoms with Crippen molar-refractivity contribution < 1.29 is 0 Å². The molecule has 0 heterocycles. The van der Waals surface area contributed by atoms with Crippen molar-refractivity contribution in [2.24, 2.45) is 5.92 Å². The lowest BCUT2D eigenvalue weighted by molar-refractivity contribution is 0.366. The summed E-state index contributed by atoms with van der Waals surface area (Å²) in [6, 6.07) is 18.6. The Morgan fingerprint density at radius 1 is 0.952 bits per heavy atom. The zero-order chi connectivity index (χ0) is 14.8. The summed E-state index contributed by atoms with van der Waals surface area (Å²) in [6.45, 7) is 6.91. The predicted octanol–water partition coefficient (Wildman–Crippen LogP) is 4.70. The highest BCUT2D eigenvalue weighted by Gasteiger charge is 2.26. The van der Waals surface area contributed by atoms with Crippen LogP contribution in [0.5, 0.6) is 0 Å². The first-order valence-electron chi connectivity index (χ1n) is 8.12. The van der Waals surface area contributed by atoms with Crippen LogP contribution in [0.3, 0.4) is 0 Å². The summed E-state index contributed by atoms with van der Waals surface area (Å²) in [4.78, 5) is 0. The molecule has 1 aliphatic carbocycles. The van der Waals surface area contributed by atoms with Gasteiger partial charge in [0.25, 0.3) is 0 Å². The van der Waals surface area contributed by atoms with Crippen LogP contribution in [0.25, 0.3) is 0 Å². The van der Waals surface area contributed by atoms with E-state index in [4.69, 9.17) is 0 Å². The van der Waals surface area contributed by atoms with Gasteiger partial charge in [0.2, 0.25) is 0 Å². The second kappa shape index (κ2) is 6.03. The third-order valence-electron chi connectivity index (χ3n) is 5.04. The summed E-state index contributed by atoms with van der Waals surface area (Å²) in [7, 11) is 0. The Hall–Kier alpha value is -1.60. The first-order chi connectivity index (χ1) is 10.2. The van der Waals surface area contributed by atoms with E-state index in [0.717, 1.165) is 6.42 Å². The third-order valence-corrected chi connectivity index (χ3v) is 5.04. The first-order valence-corrected chi connectivity index (χ1v) is 8.12. The van der Waals surface area contributed by atoms with Gasteiger partial charge in [0.05, 0.1) is 6.04 Å². The zero-order valence-electron chi connectivity index (χ0n) is 13.3. The fourth-order valence-corrected chi connectivity index (χ4v) is 3.29. The first kappa shape index (κ1) is 14.3. The number of hydrogen-bond donors (Lipinski definition) is 1. The van der Waals surface area contributed by atoms with E-state index in [1.54, 1.807) is 0 Å². The molecule has 1 N–H and O–H groups in total.